The Morgan fingerprint density at radius 1 is 1.12 bits per heavy atom. The summed E-state index contributed by atoms with van der Waals surface area (Å²) in [5.74, 6) is -0.232. The van der Waals surface area contributed by atoms with Crippen LogP contribution < -0.4 is 10.1 Å². The van der Waals surface area contributed by atoms with Crippen molar-refractivity contribution in [3.05, 3.63) is 75.6 Å². The van der Waals surface area contributed by atoms with Gasteiger partial charge < -0.3 is 10.1 Å². The number of thioether (sulfide) groups is 1. The van der Waals surface area contributed by atoms with E-state index in [2.05, 4.69) is 21.2 Å². The number of amides is 3. The summed E-state index contributed by atoms with van der Waals surface area (Å²) in [5.41, 5.74) is 1.37. The molecule has 1 saturated heterocycles. The summed E-state index contributed by atoms with van der Waals surface area (Å²) in [6.45, 7) is 3.52. The Hall–Kier alpha value is -3.10. The lowest BCUT2D eigenvalue weighted by Crippen LogP contribution is -2.36. The second kappa shape index (κ2) is 9.80. The second-order valence-electron chi connectivity index (χ2n) is 7.70. The Labute approximate surface area is 204 Å². The maximum absolute atomic E-state index is 12.8. The number of rotatable bonds is 6. The normalized spacial score (nSPS) is 15.0. The average Bonchev–Trinajstić information content (AvgIpc) is 3.03. The zero-order chi connectivity index (χ0) is 23.5. The van der Waals surface area contributed by atoms with Crippen molar-refractivity contribution in [3.8, 4) is 5.75 Å². The van der Waals surface area contributed by atoms with Crippen molar-refractivity contribution in [2.75, 3.05) is 11.9 Å². The topological polar surface area (TPSA) is 75.7 Å². The molecule has 0 bridgehead atoms. The van der Waals surface area contributed by atoms with E-state index in [4.69, 9.17) is 4.74 Å². The van der Waals surface area contributed by atoms with E-state index in [-0.39, 0.29) is 17.6 Å². The molecule has 168 valence electrons. The van der Waals surface area contributed by atoms with E-state index in [0.29, 0.717) is 11.4 Å². The fraction of sp³-hybridized carbons (Fsp3) is 0.160. The van der Waals surface area contributed by atoms with Crippen LogP contribution in [0.15, 0.2) is 70.0 Å². The number of benzene rings is 3. The first-order chi connectivity index (χ1) is 15.8. The Morgan fingerprint density at radius 2 is 1.88 bits per heavy atom. The van der Waals surface area contributed by atoms with Gasteiger partial charge in [0.05, 0.1) is 15.5 Å². The van der Waals surface area contributed by atoms with Gasteiger partial charge in [-0.15, -0.1) is 0 Å². The van der Waals surface area contributed by atoms with Gasteiger partial charge in [0.25, 0.3) is 11.1 Å². The van der Waals surface area contributed by atoms with E-state index in [1.807, 2.05) is 62.4 Å². The van der Waals surface area contributed by atoms with Crippen molar-refractivity contribution in [1.82, 2.24) is 4.90 Å². The number of imide groups is 1. The number of hydrogen-bond donors (Lipinski definition) is 1. The molecule has 0 unspecified atom stereocenters. The molecule has 4 rings (SSSR count). The van der Waals surface area contributed by atoms with Crippen molar-refractivity contribution >= 4 is 67.3 Å². The molecule has 0 spiro atoms. The van der Waals surface area contributed by atoms with Crippen LogP contribution >= 0.6 is 27.7 Å². The molecule has 0 aliphatic carbocycles. The molecule has 0 radical (unpaired) electrons. The molecule has 1 fully saturated rings. The molecule has 0 atom stereocenters. The van der Waals surface area contributed by atoms with Gasteiger partial charge in [-0.1, -0.05) is 42.5 Å². The molecule has 3 amide bonds. The molecular weight excluding hydrogens is 504 g/mol. The molecule has 3 aromatic rings. The van der Waals surface area contributed by atoms with Crippen LogP contribution in [0.25, 0.3) is 16.8 Å². The van der Waals surface area contributed by atoms with Crippen molar-refractivity contribution in [1.29, 1.82) is 0 Å². The number of nitrogens with zero attached hydrogens (tertiary/aromatic N) is 1. The maximum atomic E-state index is 12.8. The predicted octanol–water partition coefficient (Wildman–Crippen LogP) is 6.06. The largest absolute Gasteiger partial charge is 0.490 e. The van der Waals surface area contributed by atoms with Gasteiger partial charge in [0, 0.05) is 11.1 Å². The van der Waals surface area contributed by atoms with Crippen LogP contribution in [0.3, 0.4) is 0 Å². The number of carbonyl (C=O) groups excluding carboxylic acids is 3. The molecule has 0 saturated carbocycles. The molecule has 0 aromatic heterocycles. The summed E-state index contributed by atoms with van der Waals surface area (Å²) >= 11 is 4.29. The third-order valence-electron chi connectivity index (χ3n) is 4.86. The van der Waals surface area contributed by atoms with Crippen molar-refractivity contribution in [2.45, 2.75) is 20.0 Å². The van der Waals surface area contributed by atoms with Crippen LogP contribution in [0.5, 0.6) is 5.75 Å². The minimum Gasteiger partial charge on any atom is -0.490 e. The summed E-state index contributed by atoms with van der Waals surface area (Å²) in [5, 5.41) is 4.21. The van der Waals surface area contributed by atoms with E-state index in [9.17, 15) is 14.4 Å². The Balaban J connectivity index is 1.47. The van der Waals surface area contributed by atoms with Crippen molar-refractivity contribution in [2.24, 2.45) is 0 Å². The molecule has 3 aromatic carbocycles. The van der Waals surface area contributed by atoms with Gasteiger partial charge in [0.15, 0.2) is 0 Å². The third-order valence-corrected chi connectivity index (χ3v) is 6.38. The highest BCUT2D eigenvalue weighted by atomic mass is 79.9. The number of halogens is 1. The first-order valence-corrected chi connectivity index (χ1v) is 11.9. The van der Waals surface area contributed by atoms with E-state index in [0.717, 1.165) is 37.5 Å². The van der Waals surface area contributed by atoms with Crippen LogP contribution in [0.4, 0.5) is 10.5 Å². The summed E-state index contributed by atoms with van der Waals surface area (Å²) in [4.78, 5) is 39.1. The number of ether oxygens (including phenoxy) is 1. The number of fused-ring (bicyclic) bond motifs is 1. The fourth-order valence-electron chi connectivity index (χ4n) is 3.41. The van der Waals surface area contributed by atoms with E-state index >= 15 is 0 Å². The molecular formula is C25H21BrN2O4S. The van der Waals surface area contributed by atoms with Crippen LogP contribution in [-0.2, 0) is 9.59 Å². The summed E-state index contributed by atoms with van der Waals surface area (Å²) in [6.07, 6.45) is 1.67. The zero-order valence-electron chi connectivity index (χ0n) is 18.0. The smallest absolute Gasteiger partial charge is 0.294 e. The number of nitrogens with one attached hydrogen (secondary N) is 1. The average molecular weight is 525 g/mol. The van der Waals surface area contributed by atoms with Gasteiger partial charge in [-0.25, -0.2) is 0 Å². The van der Waals surface area contributed by atoms with Crippen molar-refractivity contribution in [3.63, 3.8) is 0 Å². The van der Waals surface area contributed by atoms with Gasteiger partial charge in [0.2, 0.25) is 5.91 Å². The van der Waals surface area contributed by atoms with Gasteiger partial charge in [-0.3, -0.25) is 19.3 Å². The summed E-state index contributed by atoms with van der Waals surface area (Å²) in [6, 6.07) is 18.7. The predicted molar refractivity (Wildman–Crippen MR) is 135 cm³/mol. The van der Waals surface area contributed by atoms with Crippen molar-refractivity contribution < 1.29 is 19.1 Å². The van der Waals surface area contributed by atoms with Crippen LogP contribution in [-0.4, -0.2) is 34.6 Å². The standard InChI is InChI=1S/C25H21BrN2O4S/c1-15(2)32-21-11-10-16(12-19(21)26)13-22-24(30)28(25(31)33-22)14-23(29)27-20-9-5-7-17-6-3-4-8-18(17)20/h3-13,15H,14H2,1-2H3,(H,27,29)/b22-13-. The highest BCUT2D eigenvalue weighted by Gasteiger charge is 2.36. The quantitative estimate of drug-likeness (QED) is 0.396. The van der Waals surface area contributed by atoms with Crippen LogP contribution in [0.1, 0.15) is 19.4 Å². The van der Waals surface area contributed by atoms with Gasteiger partial charge in [0.1, 0.15) is 12.3 Å². The number of hydrogen-bond acceptors (Lipinski definition) is 5. The monoisotopic (exact) mass is 524 g/mol. The molecule has 8 heteroatoms. The molecule has 1 aliphatic rings. The molecule has 1 N–H and O–H groups in total. The van der Waals surface area contributed by atoms with Gasteiger partial charge >= 0.3 is 0 Å². The fourth-order valence-corrected chi connectivity index (χ4v) is 4.74. The maximum Gasteiger partial charge on any atom is 0.294 e. The summed E-state index contributed by atoms with van der Waals surface area (Å²) < 4.78 is 6.45. The Kier molecular flexibility index (Phi) is 6.85. The lowest BCUT2D eigenvalue weighted by Gasteiger charge is -2.13. The van der Waals surface area contributed by atoms with Gasteiger partial charge in [-0.2, -0.15) is 0 Å². The molecule has 1 aliphatic heterocycles. The first kappa shape index (κ1) is 23.1. The van der Waals surface area contributed by atoms with Gasteiger partial charge in [-0.05, 0) is 76.8 Å². The van der Waals surface area contributed by atoms with Crippen LogP contribution in [0, 0.1) is 0 Å². The minimum atomic E-state index is -0.489. The third kappa shape index (κ3) is 5.29. The highest BCUT2D eigenvalue weighted by Crippen LogP contribution is 2.34. The first-order valence-electron chi connectivity index (χ1n) is 10.3. The molecule has 6 nitrogen and oxygen atoms in total. The Bertz CT molecular complexity index is 1280. The Morgan fingerprint density at radius 3 is 2.64 bits per heavy atom. The highest BCUT2D eigenvalue weighted by molar-refractivity contribution is 9.10. The zero-order valence-corrected chi connectivity index (χ0v) is 20.4. The minimum absolute atomic E-state index is 0.0312. The van der Waals surface area contributed by atoms with E-state index in [1.54, 1.807) is 18.2 Å². The van der Waals surface area contributed by atoms with Crippen LogP contribution in [0.2, 0.25) is 0 Å². The number of anilines is 1. The van der Waals surface area contributed by atoms with E-state index in [1.165, 1.54) is 0 Å². The number of carbonyl (C=O) groups is 3. The summed E-state index contributed by atoms with van der Waals surface area (Å²) in [7, 11) is 0. The second-order valence-corrected chi connectivity index (χ2v) is 9.55. The lowest BCUT2D eigenvalue weighted by molar-refractivity contribution is -0.127. The van der Waals surface area contributed by atoms with E-state index < -0.39 is 17.1 Å². The molecule has 33 heavy (non-hydrogen) atoms. The molecule has 1 heterocycles. The SMILES string of the molecule is CC(C)Oc1ccc(/C=C2\SC(=O)N(CC(=O)Nc3cccc4ccccc34)C2=O)cc1Br. The lowest BCUT2D eigenvalue weighted by atomic mass is 10.1.